The van der Waals surface area contributed by atoms with E-state index < -0.39 is 10.0 Å². The summed E-state index contributed by atoms with van der Waals surface area (Å²) in [5.41, 5.74) is 4.22. The van der Waals surface area contributed by atoms with Gasteiger partial charge in [-0.25, -0.2) is 18.4 Å². The first-order valence-corrected chi connectivity index (χ1v) is 14.7. The van der Waals surface area contributed by atoms with Gasteiger partial charge in [0.2, 0.25) is 10.0 Å². The second-order valence-electron chi connectivity index (χ2n) is 9.95. The Balaban J connectivity index is 1.32. The molecule has 1 N–H and O–H groups in total. The summed E-state index contributed by atoms with van der Waals surface area (Å²) in [6.07, 6.45) is 1.99. The topological polar surface area (TPSA) is 78.4 Å². The van der Waals surface area contributed by atoms with Gasteiger partial charge in [0.05, 0.1) is 16.5 Å². The van der Waals surface area contributed by atoms with Crippen LogP contribution in [0.15, 0.2) is 77.7 Å². The molecule has 0 saturated carbocycles. The molecule has 8 heteroatoms. The van der Waals surface area contributed by atoms with E-state index in [1.807, 2.05) is 48.5 Å². The van der Waals surface area contributed by atoms with Crippen LogP contribution < -0.4 is 5.32 Å². The SMILES string of the molecule is CCCc1ccc(S(=O)(=O)N2CCN([C@@H](C)c3nc(Nc4ccc(C)cc4)c4ccccc4n3)CC2)cc1. The summed E-state index contributed by atoms with van der Waals surface area (Å²) < 4.78 is 28.1. The molecule has 1 atom stereocenters. The lowest BCUT2D eigenvalue weighted by Gasteiger charge is -2.37. The van der Waals surface area contributed by atoms with E-state index >= 15 is 0 Å². The third kappa shape index (κ3) is 5.57. The van der Waals surface area contributed by atoms with Gasteiger partial charge in [0.15, 0.2) is 0 Å². The quantitative estimate of drug-likeness (QED) is 0.315. The maximum absolute atomic E-state index is 13.3. The average Bonchev–Trinajstić information content (AvgIpc) is 2.94. The third-order valence-corrected chi connectivity index (χ3v) is 9.14. The van der Waals surface area contributed by atoms with Crippen molar-refractivity contribution in [2.75, 3.05) is 31.5 Å². The minimum Gasteiger partial charge on any atom is -0.340 e. The summed E-state index contributed by atoms with van der Waals surface area (Å²) in [4.78, 5) is 12.4. The maximum atomic E-state index is 13.3. The minimum atomic E-state index is -3.52. The van der Waals surface area contributed by atoms with E-state index in [4.69, 9.17) is 9.97 Å². The van der Waals surface area contributed by atoms with Crippen LogP contribution in [-0.2, 0) is 16.4 Å². The van der Waals surface area contributed by atoms with Crippen LogP contribution in [0.1, 0.15) is 43.3 Å². The summed E-state index contributed by atoms with van der Waals surface area (Å²) in [5, 5.41) is 4.43. The van der Waals surface area contributed by atoms with Crippen LogP contribution in [0.4, 0.5) is 11.5 Å². The Kier molecular flexibility index (Phi) is 7.74. The Morgan fingerprint density at radius 3 is 2.26 bits per heavy atom. The monoisotopic (exact) mass is 529 g/mol. The number of hydrogen-bond acceptors (Lipinski definition) is 6. The zero-order valence-electron chi connectivity index (χ0n) is 22.3. The van der Waals surface area contributed by atoms with Gasteiger partial charge in [-0.2, -0.15) is 4.31 Å². The summed E-state index contributed by atoms with van der Waals surface area (Å²) in [7, 11) is -3.52. The number of aromatic nitrogens is 2. The summed E-state index contributed by atoms with van der Waals surface area (Å²) >= 11 is 0. The first-order chi connectivity index (χ1) is 18.3. The van der Waals surface area contributed by atoms with Crippen LogP contribution in [0, 0.1) is 6.92 Å². The van der Waals surface area contributed by atoms with Crippen LogP contribution >= 0.6 is 0 Å². The van der Waals surface area contributed by atoms with Crippen molar-refractivity contribution in [2.45, 2.75) is 44.6 Å². The third-order valence-electron chi connectivity index (χ3n) is 7.23. The fraction of sp³-hybridized carbons (Fsp3) is 0.333. The number of benzene rings is 3. The van der Waals surface area contributed by atoms with Gasteiger partial charge in [0, 0.05) is 37.3 Å². The van der Waals surface area contributed by atoms with Crippen LogP contribution in [0.3, 0.4) is 0 Å². The highest BCUT2D eigenvalue weighted by atomic mass is 32.2. The zero-order valence-corrected chi connectivity index (χ0v) is 23.1. The lowest BCUT2D eigenvalue weighted by atomic mass is 10.1. The molecule has 198 valence electrons. The van der Waals surface area contributed by atoms with Crippen LogP contribution in [0.25, 0.3) is 10.9 Å². The summed E-state index contributed by atoms with van der Waals surface area (Å²) in [5.74, 6) is 1.50. The molecule has 38 heavy (non-hydrogen) atoms. The van der Waals surface area contributed by atoms with Gasteiger partial charge in [0.25, 0.3) is 0 Å². The standard InChI is InChI=1S/C30H35N5O2S/c1-4-7-24-12-16-26(17-13-24)38(36,37)35-20-18-34(19-21-35)23(3)29-32-28-9-6-5-8-27(28)30(33-29)31-25-14-10-22(2)11-15-25/h5-6,8-17,23H,4,7,18-21H2,1-3H3,(H,31,32,33)/t23-/m0/s1. The van der Waals surface area contributed by atoms with Crippen molar-refractivity contribution in [2.24, 2.45) is 0 Å². The maximum Gasteiger partial charge on any atom is 0.243 e. The summed E-state index contributed by atoms with van der Waals surface area (Å²) in [6, 6.07) is 23.5. The van der Waals surface area contributed by atoms with E-state index in [-0.39, 0.29) is 6.04 Å². The Labute approximate surface area is 225 Å². The molecule has 1 aliphatic rings. The van der Waals surface area contributed by atoms with E-state index in [1.165, 1.54) is 5.56 Å². The van der Waals surface area contributed by atoms with Crippen molar-refractivity contribution >= 4 is 32.4 Å². The molecule has 5 rings (SSSR count). The van der Waals surface area contributed by atoms with Crippen LogP contribution in [0.2, 0.25) is 0 Å². The molecule has 2 heterocycles. The second kappa shape index (κ2) is 11.2. The van der Waals surface area contributed by atoms with Crippen molar-refractivity contribution in [1.82, 2.24) is 19.2 Å². The average molecular weight is 530 g/mol. The Morgan fingerprint density at radius 2 is 1.58 bits per heavy atom. The smallest absolute Gasteiger partial charge is 0.243 e. The number of rotatable bonds is 8. The number of anilines is 2. The van der Waals surface area contributed by atoms with Crippen molar-refractivity contribution in [3.63, 3.8) is 0 Å². The van der Waals surface area contributed by atoms with Crippen molar-refractivity contribution < 1.29 is 8.42 Å². The van der Waals surface area contributed by atoms with Crippen LogP contribution in [0.5, 0.6) is 0 Å². The number of sulfonamides is 1. The van der Waals surface area contributed by atoms with Crippen molar-refractivity contribution in [3.05, 3.63) is 89.7 Å². The van der Waals surface area contributed by atoms with Gasteiger partial charge in [-0.3, -0.25) is 4.90 Å². The zero-order chi connectivity index (χ0) is 26.7. The molecule has 3 aromatic carbocycles. The molecule has 4 aromatic rings. The van der Waals surface area contributed by atoms with Gasteiger partial charge in [0.1, 0.15) is 11.6 Å². The number of hydrogen-bond donors (Lipinski definition) is 1. The van der Waals surface area contributed by atoms with Gasteiger partial charge in [-0.1, -0.05) is 55.3 Å². The molecule has 0 bridgehead atoms. The normalized spacial score (nSPS) is 16.0. The largest absolute Gasteiger partial charge is 0.340 e. The molecule has 0 spiro atoms. The number of fused-ring (bicyclic) bond motifs is 1. The number of para-hydroxylation sites is 1. The molecule has 1 aliphatic heterocycles. The minimum absolute atomic E-state index is 0.0589. The predicted octanol–water partition coefficient (Wildman–Crippen LogP) is 5.70. The molecule has 0 amide bonds. The molecular formula is C30H35N5O2S. The fourth-order valence-corrected chi connectivity index (χ4v) is 6.33. The number of aryl methyl sites for hydroxylation is 2. The van der Waals surface area contributed by atoms with Gasteiger partial charge in [-0.15, -0.1) is 0 Å². The van der Waals surface area contributed by atoms with Gasteiger partial charge >= 0.3 is 0 Å². The second-order valence-corrected chi connectivity index (χ2v) is 11.9. The van der Waals surface area contributed by atoms with Crippen molar-refractivity contribution in [1.29, 1.82) is 0 Å². The Hall–Kier alpha value is -3.33. The number of nitrogens with one attached hydrogen (secondary N) is 1. The van der Waals surface area contributed by atoms with E-state index in [2.05, 4.69) is 43.1 Å². The van der Waals surface area contributed by atoms with E-state index in [0.29, 0.717) is 31.1 Å². The summed E-state index contributed by atoms with van der Waals surface area (Å²) in [6.45, 7) is 8.39. The Morgan fingerprint density at radius 1 is 0.895 bits per heavy atom. The molecule has 1 fully saturated rings. The van der Waals surface area contributed by atoms with Crippen LogP contribution in [-0.4, -0.2) is 53.8 Å². The molecule has 0 unspecified atom stereocenters. The lowest BCUT2D eigenvalue weighted by molar-refractivity contribution is 0.141. The van der Waals surface area contributed by atoms with Gasteiger partial charge in [-0.05, 0) is 62.2 Å². The highest BCUT2D eigenvalue weighted by Gasteiger charge is 2.31. The highest BCUT2D eigenvalue weighted by molar-refractivity contribution is 7.89. The van der Waals surface area contributed by atoms with Crippen molar-refractivity contribution in [3.8, 4) is 0 Å². The predicted molar refractivity (Wildman–Crippen MR) is 153 cm³/mol. The van der Waals surface area contributed by atoms with E-state index in [1.54, 1.807) is 16.4 Å². The first-order valence-electron chi connectivity index (χ1n) is 13.3. The number of nitrogens with zero attached hydrogens (tertiary/aromatic N) is 4. The molecule has 0 aliphatic carbocycles. The molecular weight excluding hydrogens is 494 g/mol. The Bertz CT molecular complexity index is 1500. The first kappa shape index (κ1) is 26.3. The number of piperazine rings is 1. The molecule has 7 nitrogen and oxygen atoms in total. The molecule has 1 saturated heterocycles. The molecule has 1 aromatic heterocycles. The van der Waals surface area contributed by atoms with E-state index in [0.717, 1.165) is 46.6 Å². The fourth-order valence-electron chi connectivity index (χ4n) is 4.91. The molecule has 0 radical (unpaired) electrons. The van der Waals surface area contributed by atoms with E-state index in [9.17, 15) is 8.42 Å². The lowest BCUT2D eigenvalue weighted by Crippen LogP contribution is -2.49. The highest BCUT2D eigenvalue weighted by Crippen LogP contribution is 2.28. The van der Waals surface area contributed by atoms with Gasteiger partial charge < -0.3 is 5.32 Å².